The molecule has 0 aliphatic heterocycles. The predicted octanol–water partition coefficient (Wildman–Crippen LogP) is 3.86. The zero-order valence-corrected chi connectivity index (χ0v) is 9.37. The van der Waals surface area contributed by atoms with Crippen LogP contribution in [0.5, 0.6) is 0 Å². The van der Waals surface area contributed by atoms with E-state index in [-0.39, 0.29) is 14.9 Å². The number of hydrogen-bond donors (Lipinski definition) is 0. The first kappa shape index (κ1) is 16.3. The van der Waals surface area contributed by atoms with Crippen LogP contribution in [0.1, 0.15) is 26.0 Å². The van der Waals surface area contributed by atoms with Crippen molar-refractivity contribution < 1.29 is 8.42 Å². The lowest BCUT2D eigenvalue weighted by Crippen LogP contribution is -1.77. The van der Waals surface area contributed by atoms with Crippen molar-refractivity contribution in [1.82, 2.24) is 0 Å². The van der Waals surface area contributed by atoms with Gasteiger partial charge in [-0.3, -0.25) is 0 Å². The fourth-order valence-electron chi connectivity index (χ4n) is 2.08. The first-order valence-electron chi connectivity index (χ1n) is 4.95. The summed E-state index contributed by atoms with van der Waals surface area (Å²) in [5, 5.41) is 0. The molecule has 0 atom stereocenters. The fourth-order valence-corrected chi connectivity index (χ4v) is 2.08. The van der Waals surface area contributed by atoms with Crippen LogP contribution in [0.2, 0.25) is 0 Å². The minimum atomic E-state index is -0.750. The van der Waals surface area contributed by atoms with E-state index in [1.54, 1.807) is 0 Å². The molecule has 3 heteroatoms. The number of benzene rings is 2. The molecule has 0 fully saturated rings. The molecule has 0 heterocycles. The van der Waals surface area contributed by atoms with Crippen LogP contribution in [0.15, 0.2) is 48.5 Å². The number of rotatable bonds is 0. The Morgan fingerprint density at radius 1 is 0.722 bits per heavy atom. The Morgan fingerprint density at radius 3 is 1.44 bits per heavy atom. The van der Waals surface area contributed by atoms with E-state index in [2.05, 4.69) is 48.5 Å². The van der Waals surface area contributed by atoms with Gasteiger partial charge in [-0.05, 0) is 28.7 Å². The summed E-state index contributed by atoms with van der Waals surface area (Å²) in [6.07, 6.45) is 1.10. The van der Waals surface area contributed by atoms with Crippen molar-refractivity contribution in [3.05, 3.63) is 59.7 Å². The maximum atomic E-state index is 8.29. The van der Waals surface area contributed by atoms with Crippen LogP contribution in [0.4, 0.5) is 0 Å². The molecular formula is C15H18O2S. The molecule has 1 aliphatic carbocycles. The highest BCUT2D eigenvalue weighted by Gasteiger charge is 2.15. The van der Waals surface area contributed by atoms with E-state index in [1.807, 2.05) is 0 Å². The normalized spacial score (nSPS) is 9.56. The molecule has 0 spiro atoms. The Hall–Kier alpha value is -1.74. The molecule has 0 radical (unpaired) electrons. The minimum Gasteiger partial charge on any atom is -0.168 e. The molecule has 2 aromatic carbocycles. The quantitative estimate of drug-likeness (QED) is 0.616. The zero-order valence-electron chi connectivity index (χ0n) is 8.55. The molecule has 96 valence electrons. The summed E-state index contributed by atoms with van der Waals surface area (Å²) in [5.41, 5.74) is 5.75. The van der Waals surface area contributed by atoms with Gasteiger partial charge in [0.2, 0.25) is 0 Å². The van der Waals surface area contributed by atoms with Crippen molar-refractivity contribution in [3.8, 4) is 11.1 Å². The second kappa shape index (κ2) is 7.56. The maximum absolute atomic E-state index is 8.29. The molecule has 18 heavy (non-hydrogen) atoms. The number of fused-ring (bicyclic) bond motifs is 3. The SMILES string of the molecule is C.C.O=S=O.c1ccc2c(c1)Cc1ccccc1-2. The van der Waals surface area contributed by atoms with Gasteiger partial charge in [-0.1, -0.05) is 63.4 Å². The first-order chi connectivity index (χ1) is 7.86. The molecule has 1 aliphatic rings. The molecule has 0 unspecified atom stereocenters. The molecule has 0 saturated carbocycles. The third-order valence-electron chi connectivity index (χ3n) is 2.71. The summed E-state index contributed by atoms with van der Waals surface area (Å²) in [4.78, 5) is 0. The Bertz CT molecular complexity index is 500. The highest BCUT2D eigenvalue weighted by Crippen LogP contribution is 2.35. The van der Waals surface area contributed by atoms with Crippen LogP contribution < -0.4 is 0 Å². The van der Waals surface area contributed by atoms with Gasteiger partial charge in [0.25, 0.3) is 0 Å². The Kier molecular flexibility index (Phi) is 6.83. The zero-order chi connectivity index (χ0) is 11.4. The van der Waals surface area contributed by atoms with Crippen molar-refractivity contribution in [2.75, 3.05) is 0 Å². The fraction of sp³-hybridized carbons (Fsp3) is 0.200. The van der Waals surface area contributed by atoms with Crippen LogP contribution in [0.3, 0.4) is 0 Å². The standard InChI is InChI=1S/C13H10.2CH4.O2S/c1-3-7-12-10(5-1)9-11-6-2-4-8-13(11)12;;;1-3-2/h1-8H,9H2;2*1H4;. The Labute approximate surface area is 112 Å². The molecule has 0 N–H and O–H groups in total. The summed E-state index contributed by atoms with van der Waals surface area (Å²) >= 11 is -0.750. The molecule has 2 aromatic rings. The monoisotopic (exact) mass is 262 g/mol. The lowest BCUT2D eigenvalue weighted by atomic mass is 10.1. The number of hydrogen-bond acceptors (Lipinski definition) is 2. The van der Waals surface area contributed by atoms with Crippen molar-refractivity contribution >= 4 is 11.6 Å². The summed E-state index contributed by atoms with van der Waals surface area (Å²) < 4.78 is 16.6. The van der Waals surface area contributed by atoms with Gasteiger partial charge in [0.05, 0.1) is 0 Å². The Balaban J connectivity index is 0.000000533. The first-order valence-corrected chi connectivity index (χ1v) is 5.61. The van der Waals surface area contributed by atoms with Crippen LogP contribution >= 0.6 is 0 Å². The van der Waals surface area contributed by atoms with Crippen molar-refractivity contribution in [2.45, 2.75) is 21.3 Å². The van der Waals surface area contributed by atoms with Gasteiger partial charge in [-0.15, -0.1) is 0 Å². The minimum absolute atomic E-state index is 0. The average Bonchev–Trinajstić information content (AvgIpc) is 2.68. The average molecular weight is 262 g/mol. The Morgan fingerprint density at radius 2 is 1.06 bits per heavy atom. The molecule has 2 nitrogen and oxygen atoms in total. The molecule has 0 aromatic heterocycles. The highest BCUT2D eigenvalue weighted by atomic mass is 32.1. The maximum Gasteiger partial charge on any atom is 0.335 e. The van der Waals surface area contributed by atoms with E-state index in [0.717, 1.165) is 6.42 Å². The van der Waals surface area contributed by atoms with Gasteiger partial charge in [-0.25, -0.2) is 0 Å². The van der Waals surface area contributed by atoms with Gasteiger partial charge in [0, 0.05) is 0 Å². The molecule has 0 amide bonds. The van der Waals surface area contributed by atoms with Crippen LogP contribution in [-0.4, -0.2) is 8.42 Å². The van der Waals surface area contributed by atoms with Crippen LogP contribution in [0, 0.1) is 0 Å². The van der Waals surface area contributed by atoms with E-state index >= 15 is 0 Å². The van der Waals surface area contributed by atoms with Crippen molar-refractivity contribution in [2.24, 2.45) is 0 Å². The van der Waals surface area contributed by atoms with Crippen molar-refractivity contribution in [3.63, 3.8) is 0 Å². The summed E-state index contributed by atoms with van der Waals surface area (Å²) in [7, 11) is 0. The third-order valence-corrected chi connectivity index (χ3v) is 2.71. The van der Waals surface area contributed by atoms with E-state index in [1.165, 1.54) is 22.3 Å². The topological polar surface area (TPSA) is 34.1 Å². The molecule has 3 rings (SSSR count). The third kappa shape index (κ3) is 3.14. The van der Waals surface area contributed by atoms with Gasteiger partial charge in [0.15, 0.2) is 0 Å². The van der Waals surface area contributed by atoms with Gasteiger partial charge in [-0.2, -0.15) is 8.42 Å². The van der Waals surface area contributed by atoms with E-state index in [9.17, 15) is 0 Å². The highest BCUT2D eigenvalue weighted by molar-refractivity contribution is 7.51. The second-order valence-corrected chi connectivity index (χ2v) is 3.70. The van der Waals surface area contributed by atoms with Crippen molar-refractivity contribution in [1.29, 1.82) is 0 Å². The van der Waals surface area contributed by atoms with Crippen LogP contribution in [-0.2, 0) is 18.0 Å². The largest absolute Gasteiger partial charge is 0.335 e. The van der Waals surface area contributed by atoms with E-state index in [0.29, 0.717) is 0 Å². The predicted molar refractivity (Wildman–Crippen MR) is 77.1 cm³/mol. The van der Waals surface area contributed by atoms with E-state index in [4.69, 9.17) is 8.42 Å². The summed E-state index contributed by atoms with van der Waals surface area (Å²) in [6, 6.07) is 17.3. The summed E-state index contributed by atoms with van der Waals surface area (Å²) in [6.45, 7) is 0. The van der Waals surface area contributed by atoms with Crippen LogP contribution in [0.25, 0.3) is 11.1 Å². The molecule has 0 bridgehead atoms. The lowest BCUT2D eigenvalue weighted by Gasteiger charge is -1.98. The molecule has 0 saturated heterocycles. The van der Waals surface area contributed by atoms with Gasteiger partial charge < -0.3 is 0 Å². The molecular weight excluding hydrogens is 244 g/mol. The second-order valence-electron chi connectivity index (χ2n) is 3.56. The summed E-state index contributed by atoms with van der Waals surface area (Å²) in [5.74, 6) is 0. The van der Waals surface area contributed by atoms with Gasteiger partial charge >= 0.3 is 11.6 Å². The lowest BCUT2D eigenvalue weighted by molar-refractivity contribution is 0.630. The van der Waals surface area contributed by atoms with E-state index < -0.39 is 11.6 Å². The smallest absolute Gasteiger partial charge is 0.168 e. The van der Waals surface area contributed by atoms with Gasteiger partial charge in [0.1, 0.15) is 0 Å².